The first-order chi connectivity index (χ1) is 16.4. The van der Waals surface area contributed by atoms with E-state index in [1.807, 2.05) is 0 Å². The third-order valence-electron chi connectivity index (χ3n) is 4.87. The Labute approximate surface area is 199 Å². The van der Waals surface area contributed by atoms with Crippen LogP contribution in [0.2, 0.25) is 0 Å². The molecular formula is C25H23F3O7. The number of hydrogen-bond donors (Lipinski definition) is 1. The summed E-state index contributed by atoms with van der Waals surface area (Å²) in [4.78, 5) is 23.6. The number of furan rings is 1. The van der Waals surface area contributed by atoms with Gasteiger partial charge >= 0.3 is 18.1 Å². The summed E-state index contributed by atoms with van der Waals surface area (Å²) in [6, 6.07) is 11.7. The second-order valence-corrected chi connectivity index (χ2v) is 7.92. The van der Waals surface area contributed by atoms with Gasteiger partial charge in [-0.3, -0.25) is 0 Å². The highest BCUT2D eigenvalue weighted by atomic mass is 19.4. The number of halogens is 3. The summed E-state index contributed by atoms with van der Waals surface area (Å²) < 4.78 is 60.2. The number of carbonyl (C=O) groups excluding carboxylic acids is 1. The number of alkyl halides is 3. The standard InChI is InChI=1S/C25H23F3O7/c1-4-32-23(31)24(2,3)35-18-11-9-17(10-12-18)33-14-21-19(22(29)30)13-20(34-21)15-5-7-16(8-6-15)25(26,27)28/h5-13H,4,14H2,1-3H3,(H,29,30). The molecule has 0 saturated heterocycles. The van der Waals surface area contributed by atoms with Crippen LogP contribution in [0.3, 0.4) is 0 Å². The molecule has 10 heteroatoms. The highest BCUT2D eigenvalue weighted by Gasteiger charge is 2.32. The first-order valence-electron chi connectivity index (χ1n) is 10.5. The molecule has 0 unspecified atom stereocenters. The second kappa shape index (κ2) is 10.1. The third-order valence-corrected chi connectivity index (χ3v) is 4.87. The van der Waals surface area contributed by atoms with Crippen LogP contribution in [0.25, 0.3) is 11.3 Å². The van der Waals surface area contributed by atoms with Crippen molar-refractivity contribution in [1.29, 1.82) is 0 Å². The van der Waals surface area contributed by atoms with Crippen LogP contribution in [0.1, 0.15) is 42.5 Å². The number of ether oxygens (including phenoxy) is 3. The van der Waals surface area contributed by atoms with Gasteiger partial charge in [0.05, 0.1) is 12.2 Å². The minimum absolute atomic E-state index is 0.00355. The first kappa shape index (κ1) is 25.7. The van der Waals surface area contributed by atoms with Crippen LogP contribution < -0.4 is 9.47 Å². The molecule has 0 aliphatic carbocycles. The summed E-state index contributed by atoms with van der Waals surface area (Å²) in [6.45, 7) is 4.84. The van der Waals surface area contributed by atoms with Crippen LogP contribution >= 0.6 is 0 Å². The lowest BCUT2D eigenvalue weighted by Gasteiger charge is -2.24. The van der Waals surface area contributed by atoms with Crippen molar-refractivity contribution in [3.05, 3.63) is 71.5 Å². The Morgan fingerprint density at radius 1 is 0.971 bits per heavy atom. The fraction of sp³-hybridized carbons (Fsp3) is 0.280. The Morgan fingerprint density at radius 3 is 2.11 bits per heavy atom. The number of carboxylic acid groups (broad SMARTS) is 1. The van der Waals surface area contributed by atoms with E-state index < -0.39 is 29.3 Å². The van der Waals surface area contributed by atoms with E-state index in [0.29, 0.717) is 11.5 Å². The van der Waals surface area contributed by atoms with Gasteiger partial charge in [0.1, 0.15) is 29.4 Å². The van der Waals surface area contributed by atoms with Gasteiger partial charge in [0, 0.05) is 5.56 Å². The average molecular weight is 492 g/mol. The zero-order chi connectivity index (χ0) is 25.8. The quantitative estimate of drug-likeness (QED) is 0.368. The number of esters is 1. The fourth-order valence-corrected chi connectivity index (χ4v) is 3.08. The van der Waals surface area contributed by atoms with Crippen molar-refractivity contribution in [2.75, 3.05) is 6.61 Å². The largest absolute Gasteiger partial charge is 0.486 e. The summed E-state index contributed by atoms with van der Waals surface area (Å²) in [5.74, 6) is -0.922. The molecule has 0 aliphatic heterocycles. The number of aromatic carboxylic acids is 1. The van der Waals surface area contributed by atoms with Crippen LogP contribution in [0.4, 0.5) is 13.2 Å². The highest BCUT2D eigenvalue weighted by molar-refractivity contribution is 5.90. The van der Waals surface area contributed by atoms with E-state index in [4.69, 9.17) is 18.6 Å². The predicted molar refractivity (Wildman–Crippen MR) is 118 cm³/mol. The molecule has 7 nitrogen and oxygen atoms in total. The Balaban J connectivity index is 1.71. The summed E-state index contributed by atoms with van der Waals surface area (Å²) in [6.07, 6.45) is -4.48. The van der Waals surface area contributed by atoms with Crippen molar-refractivity contribution in [2.24, 2.45) is 0 Å². The van der Waals surface area contributed by atoms with Gasteiger partial charge in [0.2, 0.25) is 0 Å². The van der Waals surface area contributed by atoms with Gasteiger partial charge in [-0.15, -0.1) is 0 Å². The average Bonchev–Trinajstić information content (AvgIpc) is 3.23. The molecule has 35 heavy (non-hydrogen) atoms. The molecule has 0 fully saturated rings. The van der Waals surface area contributed by atoms with Crippen molar-refractivity contribution >= 4 is 11.9 Å². The van der Waals surface area contributed by atoms with Crippen LogP contribution in [0.15, 0.2) is 59.0 Å². The first-order valence-corrected chi connectivity index (χ1v) is 10.5. The van der Waals surface area contributed by atoms with Gasteiger partial charge in [0.25, 0.3) is 0 Å². The molecule has 0 bridgehead atoms. The maximum atomic E-state index is 12.8. The molecule has 0 amide bonds. The lowest BCUT2D eigenvalue weighted by molar-refractivity contribution is -0.158. The van der Waals surface area contributed by atoms with Crippen molar-refractivity contribution in [3.63, 3.8) is 0 Å². The Morgan fingerprint density at radius 2 is 1.57 bits per heavy atom. The molecule has 0 radical (unpaired) electrons. The molecule has 2 aromatic carbocycles. The van der Waals surface area contributed by atoms with Gasteiger partial charge in [0.15, 0.2) is 11.4 Å². The van der Waals surface area contributed by atoms with Crippen LogP contribution in [-0.4, -0.2) is 29.3 Å². The van der Waals surface area contributed by atoms with Gasteiger partial charge < -0.3 is 23.7 Å². The number of rotatable bonds is 9. The smallest absolute Gasteiger partial charge is 0.416 e. The van der Waals surface area contributed by atoms with Crippen molar-refractivity contribution in [3.8, 4) is 22.8 Å². The maximum absolute atomic E-state index is 12.8. The molecule has 1 N–H and O–H groups in total. The minimum atomic E-state index is -4.48. The van der Waals surface area contributed by atoms with Crippen LogP contribution in [-0.2, 0) is 22.3 Å². The van der Waals surface area contributed by atoms with Gasteiger partial charge in [-0.25, -0.2) is 9.59 Å². The molecule has 3 rings (SSSR count). The molecule has 0 aliphatic rings. The highest BCUT2D eigenvalue weighted by Crippen LogP contribution is 2.32. The lowest BCUT2D eigenvalue weighted by atomic mass is 10.1. The predicted octanol–water partition coefficient (Wildman–Crippen LogP) is 5.96. The Hall–Kier alpha value is -3.95. The van der Waals surface area contributed by atoms with E-state index in [9.17, 15) is 27.9 Å². The van der Waals surface area contributed by atoms with Crippen molar-refractivity contribution < 1.29 is 46.5 Å². The van der Waals surface area contributed by atoms with E-state index >= 15 is 0 Å². The lowest BCUT2D eigenvalue weighted by Crippen LogP contribution is -2.39. The van der Waals surface area contributed by atoms with E-state index in [0.717, 1.165) is 12.1 Å². The molecule has 0 spiro atoms. The molecule has 3 aromatic rings. The number of carbonyl (C=O) groups is 2. The zero-order valence-electron chi connectivity index (χ0n) is 19.1. The van der Waals surface area contributed by atoms with E-state index in [1.165, 1.54) is 18.2 Å². The Bertz CT molecular complexity index is 1180. The van der Waals surface area contributed by atoms with E-state index in [-0.39, 0.29) is 35.9 Å². The maximum Gasteiger partial charge on any atom is 0.416 e. The molecule has 1 heterocycles. The van der Waals surface area contributed by atoms with Gasteiger partial charge in [-0.1, -0.05) is 12.1 Å². The van der Waals surface area contributed by atoms with Gasteiger partial charge in [-0.2, -0.15) is 13.2 Å². The summed E-state index contributed by atoms with van der Waals surface area (Å²) in [5, 5.41) is 9.48. The molecular weight excluding hydrogens is 469 g/mol. The normalized spacial score (nSPS) is 11.7. The molecule has 186 valence electrons. The van der Waals surface area contributed by atoms with Gasteiger partial charge in [-0.05, 0) is 63.2 Å². The summed E-state index contributed by atoms with van der Waals surface area (Å²) in [7, 11) is 0. The van der Waals surface area contributed by atoms with Crippen molar-refractivity contribution in [2.45, 2.75) is 39.2 Å². The summed E-state index contributed by atoms with van der Waals surface area (Å²) in [5.41, 5.74) is -1.90. The Kier molecular flexibility index (Phi) is 7.42. The fourth-order valence-electron chi connectivity index (χ4n) is 3.08. The number of carboxylic acids is 1. The second-order valence-electron chi connectivity index (χ2n) is 7.92. The molecule has 1 aromatic heterocycles. The number of hydrogen-bond acceptors (Lipinski definition) is 6. The molecule has 0 atom stereocenters. The summed E-state index contributed by atoms with van der Waals surface area (Å²) >= 11 is 0. The third kappa shape index (κ3) is 6.34. The molecule has 0 saturated carbocycles. The zero-order valence-corrected chi connectivity index (χ0v) is 19.1. The van der Waals surface area contributed by atoms with Crippen molar-refractivity contribution in [1.82, 2.24) is 0 Å². The van der Waals surface area contributed by atoms with Crippen LogP contribution in [0, 0.1) is 0 Å². The monoisotopic (exact) mass is 492 g/mol. The number of benzene rings is 2. The van der Waals surface area contributed by atoms with E-state index in [1.54, 1.807) is 45.0 Å². The topological polar surface area (TPSA) is 95.2 Å². The van der Waals surface area contributed by atoms with Crippen LogP contribution in [0.5, 0.6) is 11.5 Å². The minimum Gasteiger partial charge on any atom is -0.486 e. The SMILES string of the molecule is CCOC(=O)C(C)(C)Oc1ccc(OCc2oc(-c3ccc(C(F)(F)F)cc3)cc2C(=O)O)cc1. The van der Waals surface area contributed by atoms with E-state index in [2.05, 4.69) is 0 Å².